The molecule has 2 heteroatoms. The molecule has 1 aliphatic heterocycles. The van der Waals surface area contributed by atoms with Crippen LogP contribution in [0.4, 0.5) is 0 Å². The van der Waals surface area contributed by atoms with Crippen LogP contribution in [-0.4, -0.2) is 5.11 Å². The zero-order chi connectivity index (χ0) is 10.2. The third-order valence-electron chi connectivity index (χ3n) is 3.23. The number of hydrogen-bond donors (Lipinski definition) is 1. The summed E-state index contributed by atoms with van der Waals surface area (Å²) in [6.07, 6.45) is 1.92. The number of aromatic hydroxyl groups is 1. The lowest BCUT2D eigenvalue weighted by atomic mass is 9.87. The predicted octanol–water partition coefficient (Wildman–Crippen LogP) is 2.94. The third kappa shape index (κ3) is 1.22. The summed E-state index contributed by atoms with van der Waals surface area (Å²) in [5, 5.41) is 9.46. The van der Waals surface area contributed by atoms with Gasteiger partial charge >= 0.3 is 0 Å². The molecule has 0 aromatic heterocycles. The van der Waals surface area contributed by atoms with Crippen molar-refractivity contribution in [2.24, 2.45) is 0 Å². The Morgan fingerprint density at radius 3 is 2.71 bits per heavy atom. The van der Waals surface area contributed by atoms with E-state index in [2.05, 4.69) is 13.8 Å². The van der Waals surface area contributed by atoms with E-state index in [1.807, 2.05) is 12.1 Å². The first-order valence-electron chi connectivity index (χ1n) is 5.18. The lowest BCUT2D eigenvalue weighted by Crippen LogP contribution is -2.22. The molecule has 2 rings (SSSR count). The van der Waals surface area contributed by atoms with E-state index in [-0.39, 0.29) is 5.60 Å². The molecule has 0 saturated heterocycles. The van der Waals surface area contributed by atoms with Crippen molar-refractivity contribution in [2.75, 3.05) is 0 Å². The van der Waals surface area contributed by atoms with E-state index >= 15 is 0 Å². The van der Waals surface area contributed by atoms with E-state index in [0.29, 0.717) is 12.4 Å². The Bertz CT molecular complexity index is 340. The molecule has 14 heavy (non-hydrogen) atoms. The largest absolute Gasteiger partial charge is 0.508 e. The molecule has 0 aliphatic carbocycles. The fraction of sp³-hybridized carbons (Fsp3) is 0.500. The number of benzene rings is 1. The van der Waals surface area contributed by atoms with Gasteiger partial charge in [-0.1, -0.05) is 19.9 Å². The molecule has 2 nitrogen and oxygen atoms in total. The molecule has 0 spiro atoms. The predicted molar refractivity (Wildman–Crippen MR) is 55.2 cm³/mol. The van der Waals surface area contributed by atoms with Crippen molar-refractivity contribution in [3.63, 3.8) is 0 Å². The SMILES string of the molecule is CCC1(CC)OCc2ccc(O)cc21. The topological polar surface area (TPSA) is 29.5 Å². The second-order valence-electron chi connectivity index (χ2n) is 3.83. The minimum absolute atomic E-state index is 0.159. The van der Waals surface area contributed by atoms with Gasteiger partial charge in [0.1, 0.15) is 5.75 Å². The Morgan fingerprint density at radius 1 is 1.36 bits per heavy atom. The highest BCUT2D eigenvalue weighted by atomic mass is 16.5. The average molecular weight is 192 g/mol. The van der Waals surface area contributed by atoms with E-state index < -0.39 is 0 Å². The van der Waals surface area contributed by atoms with Gasteiger partial charge in [0.2, 0.25) is 0 Å². The maximum Gasteiger partial charge on any atom is 0.115 e. The van der Waals surface area contributed by atoms with Crippen molar-refractivity contribution in [2.45, 2.75) is 38.9 Å². The van der Waals surface area contributed by atoms with Gasteiger partial charge in [-0.15, -0.1) is 0 Å². The van der Waals surface area contributed by atoms with Crippen LogP contribution in [0, 0.1) is 0 Å². The minimum atomic E-state index is -0.159. The summed E-state index contributed by atoms with van der Waals surface area (Å²) in [7, 11) is 0. The molecule has 1 aliphatic rings. The summed E-state index contributed by atoms with van der Waals surface area (Å²) >= 11 is 0. The van der Waals surface area contributed by atoms with Crippen molar-refractivity contribution in [3.05, 3.63) is 29.3 Å². The van der Waals surface area contributed by atoms with Crippen molar-refractivity contribution >= 4 is 0 Å². The number of fused-ring (bicyclic) bond motifs is 1. The van der Waals surface area contributed by atoms with Crippen LogP contribution in [0.2, 0.25) is 0 Å². The highest BCUT2D eigenvalue weighted by Crippen LogP contribution is 2.42. The van der Waals surface area contributed by atoms with Crippen LogP contribution < -0.4 is 0 Å². The summed E-state index contributed by atoms with van der Waals surface area (Å²) in [6, 6.07) is 5.52. The molecule has 0 bridgehead atoms. The van der Waals surface area contributed by atoms with Gasteiger partial charge < -0.3 is 9.84 Å². The van der Waals surface area contributed by atoms with Gasteiger partial charge in [0.25, 0.3) is 0 Å². The number of phenols is 1. The van der Waals surface area contributed by atoms with E-state index in [0.717, 1.165) is 12.8 Å². The van der Waals surface area contributed by atoms with Crippen molar-refractivity contribution in [3.8, 4) is 5.75 Å². The summed E-state index contributed by atoms with van der Waals surface area (Å²) in [5.74, 6) is 0.334. The number of rotatable bonds is 2. The van der Waals surface area contributed by atoms with Crippen molar-refractivity contribution < 1.29 is 9.84 Å². The maximum absolute atomic E-state index is 9.46. The molecule has 0 atom stereocenters. The van der Waals surface area contributed by atoms with Gasteiger partial charge in [-0.05, 0) is 36.1 Å². The lowest BCUT2D eigenvalue weighted by molar-refractivity contribution is -0.0440. The van der Waals surface area contributed by atoms with Crippen LogP contribution in [0.25, 0.3) is 0 Å². The molecule has 1 aromatic rings. The van der Waals surface area contributed by atoms with E-state index in [4.69, 9.17) is 4.74 Å². The molecule has 0 radical (unpaired) electrons. The fourth-order valence-electron chi connectivity index (χ4n) is 2.24. The monoisotopic (exact) mass is 192 g/mol. The first-order valence-corrected chi connectivity index (χ1v) is 5.18. The first kappa shape index (κ1) is 9.53. The normalized spacial score (nSPS) is 18.1. The molecule has 0 unspecified atom stereocenters. The van der Waals surface area contributed by atoms with Crippen molar-refractivity contribution in [1.29, 1.82) is 0 Å². The van der Waals surface area contributed by atoms with Gasteiger partial charge in [0.05, 0.1) is 12.2 Å². The van der Waals surface area contributed by atoms with Crippen LogP contribution in [0.3, 0.4) is 0 Å². The number of phenolic OH excluding ortho intramolecular Hbond substituents is 1. The summed E-state index contributed by atoms with van der Waals surface area (Å²) in [6.45, 7) is 4.93. The summed E-state index contributed by atoms with van der Waals surface area (Å²) in [4.78, 5) is 0. The Hall–Kier alpha value is -1.02. The Balaban J connectivity index is 2.51. The molecule has 1 aromatic carbocycles. The molecule has 0 fully saturated rings. The highest BCUT2D eigenvalue weighted by molar-refractivity contribution is 5.40. The van der Waals surface area contributed by atoms with Crippen molar-refractivity contribution in [1.82, 2.24) is 0 Å². The second kappa shape index (κ2) is 3.28. The quantitative estimate of drug-likeness (QED) is 0.780. The van der Waals surface area contributed by atoms with Gasteiger partial charge in [0, 0.05) is 0 Å². The van der Waals surface area contributed by atoms with Crippen LogP contribution in [0.5, 0.6) is 5.75 Å². The lowest BCUT2D eigenvalue weighted by Gasteiger charge is -2.26. The maximum atomic E-state index is 9.46. The van der Waals surface area contributed by atoms with Crippen LogP contribution in [0.15, 0.2) is 18.2 Å². The smallest absolute Gasteiger partial charge is 0.115 e. The molecule has 76 valence electrons. The summed E-state index contributed by atoms with van der Waals surface area (Å²) < 4.78 is 5.85. The van der Waals surface area contributed by atoms with Gasteiger partial charge in [0.15, 0.2) is 0 Å². The van der Waals surface area contributed by atoms with Crippen LogP contribution >= 0.6 is 0 Å². The fourth-order valence-corrected chi connectivity index (χ4v) is 2.24. The molecule has 1 heterocycles. The molecule has 0 saturated carbocycles. The zero-order valence-corrected chi connectivity index (χ0v) is 8.71. The van der Waals surface area contributed by atoms with E-state index in [1.54, 1.807) is 6.07 Å². The molecular formula is C12H16O2. The zero-order valence-electron chi connectivity index (χ0n) is 8.71. The number of ether oxygens (including phenoxy) is 1. The Kier molecular flexibility index (Phi) is 2.23. The van der Waals surface area contributed by atoms with Crippen LogP contribution in [0.1, 0.15) is 37.8 Å². The first-order chi connectivity index (χ1) is 6.72. The van der Waals surface area contributed by atoms with E-state index in [1.165, 1.54) is 11.1 Å². The van der Waals surface area contributed by atoms with Gasteiger partial charge in [-0.2, -0.15) is 0 Å². The standard InChI is InChI=1S/C12H16O2/c1-3-12(4-2)11-7-10(13)6-5-9(11)8-14-12/h5-7,13H,3-4,8H2,1-2H3. The Labute approximate surface area is 84.5 Å². The Morgan fingerprint density at radius 2 is 2.07 bits per heavy atom. The second-order valence-corrected chi connectivity index (χ2v) is 3.83. The highest BCUT2D eigenvalue weighted by Gasteiger charge is 2.36. The van der Waals surface area contributed by atoms with Crippen LogP contribution in [-0.2, 0) is 16.9 Å². The molecule has 1 N–H and O–H groups in total. The third-order valence-corrected chi connectivity index (χ3v) is 3.23. The summed E-state index contributed by atoms with van der Waals surface area (Å²) in [5.41, 5.74) is 2.22. The molecule has 0 amide bonds. The van der Waals surface area contributed by atoms with E-state index in [9.17, 15) is 5.11 Å². The number of hydrogen-bond acceptors (Lipinski definition) is 2. The molecular weight excluding hydrogens is 176 g/mol. The van der Waals surface area contributed by atoms with Gasteiger partial charge in [-0.3, -0.25) is 0 Å². The van der Waals surface area contributed by atoms with Gasteiger partial charge in [-0.25, -0.2) is 0 Å². The average Bonchev–Trinajstić information content (AvgIpc) is 2.57. The minimum Gasteiger partial charge on any atom is -0.508 e.